The molecule has 0 spiro atoms. The Bertz CT molecular complexity index is 670. The minimum absolute atomic E-state index is 0.0227. The second-order valence-corrected chi connectivity index (χ2v) is 6.93. The zero-order valence-corrected chi connectivity index (χ0v) is 13.3. The quantitative estimate of drug-likeness (QED) is 0.913. The van der Waals surface area contributed by atoms with Gasteiger partial charge < -0.3 is 10.6 Å². The molecule has 2 aromatic rings. The van der Waals surface area contributed by atoms with Gasteiger partial charge in [-0.3, -0.25) is 4.79 Å². The molecule has 1 aliphatic rings. The molecular weight excluding hydrogens is 299 g/mol. The Labute approximate surface area is 133 Å². The maximum atomic E-state index is 13.5. The van der Waals surface area contributed by atoms with Crippen molar-refractivity contribution in [3.63, 3.8) is 0 Å². The van der Waals surface area contributed by atoms with Crippen molar-refractivity contribution in [2.24, 2.45) is 0 Å². The number of piperidine rings is 1. The van der Waals surface area contributed by atoms with E-state index in [2.05, 4.69) is 10.6 Å². The summed E-state index contributed by atoms with van der Waals surface area (Å²) in [4.78, 5) is 14.2. The molecule has 5 heteroatoms. The van der Waals surface area contributed by atoms with Crippen molar-refractivity contribution < 1.29 is 9.18 Å². The lowest BCUT2D eigenvalue weighted by Gasteiger charge is -2.33. The molecule has 2 atom stereocenters. The number of benzene rings is 1. The third-order valence-electron chi connectivity index (χ3n) is 4.04. The second-order valence-electron chi connectivity index (χ2n) is 5.64. The Morgan fingerprint density at radius 2 is 2.23 bits per heavy atom. The first-order valence-corrected chi connectivity index (χ1v) is 8.28. The second kappa shape index (κ2) is 6.58. The van der Waals surface area contributed by atoms with Crippen LogP contribution in [0.15, 0.2) is 36.4 Å². The van der Waals surface area contributed by atoms with E-state index < -0.39 is 0 Å². The number of halogens is 1. The number of rotatable bonds is 3. The Kier molecular flexibility index (Phi) is 4.55. The summed E-state index contributed by atoms with van der Waals surface area (Å²) in [5, 5.41) is 6.41. The molecule has 2 heterocycles. The van der Waals surface area contributed by atoms with E-state index in [1.165, 1.54) is 17.4 Å². The zero-order chi connectivity index (χ0) is 15.5. The van der Waals surface area contributed by atoms with Gasteiger partial charge in [0.25, 0.3) is 5.91 Å². The van der Waals surface area contributed by atoms with Crippen LogP contribution in [0, 0.1) is 12.7 Å². The third-order valence-corrected chi connectivity index (χ3v) is 5.04. The maximum absolute atomic E-state index is 13.5. The molecule has 0 unspecified atom stereocenters. The van der Waals surface area contributed by atoms with E-state index >= 15 is 0 Å². The molecule has 1 saturated heterocycles. The van der Waals surface area contributed by atoms with Crippen LogP contribution in [0.25, 0.3) is 0 Å². The summed E-state index contributed by atoms with van der Waals surface area (Å²) in [5.74, 6) is -0.134. The van der Waals surface area contributed by atoms with Crippen molar-refractivity contribution in [1.29, 1.82) is 0 Å². The molecule has 1 aromatic heterocycles. The Hall–Kier alpha value is -1.72. The molecule has 2 N–H and O–H groups in total. The summed E-state index contributed by atoms with van der Waals surface area (Å²) in [6, 6.07) is 10.5. The Balaban J connectivity index is 1.76. The fraction of sp³-hybridized carbons (Fsp3) is 0.353. The highest BCUT2D eigenvalue weighted by Gasteiger charge is 2.28. The van der Waals surface area contributed by atoms with Crippen LogP contribution in [0.2, 0.25) is 0 Å². The summed E-state index contributed by atoms with van der Waals surface area (Å²) in [6.07, 6.45) is 0.887. The summed E-state index contributed by atoms with van der Waals surface area (Å²) < 4.78 is 13.5. The van der Waals surface area contributed by atoms with Crippen molar-refractivity contribution in [2.45, 2.75) is 25.3 Å². The van der Waals surface area contributed by atoms with Crippen molar-refractivity contribution in [3.8, 4) is 0 Å². The SMILES string of the molecule is Cc1ccc(C(=O)N[C@@H]2CNCC[C@H]2c2cccc(F)c2)s1. The predicted molar refractivity (Wildman–Crippen MR) is 86.9 cm³/mol. The van der Waals surface area contributed by atoms with E-state index in [1.54, 1.807) is 12.1 Å². The van der Waals surface area contributed by atoms with E-state index in [0.717, 1.165) is 28.3 Å². The molecule has 22 heavy (non-hydrogen) atoms. The number of nitrogens with one attached hydrogen (secondary N) is 2. The van der Waals surface area contributed by atoms with Crippen LogP contribution in [-0.2, 0) is 0 Å². The molecule has 1 amide bonds. The van der Waals surface area contributed by atoms with E-state index in [9.17, 15) is 9.18 Å². The van der Waals surface area contributed by atoms with Gasteiger partial charge in [-0.2, -0.15) is 0 Å². The van der Waals surface area contributed by atoms with Crippen molar-refractivity contribution in [2.75, 3.05) is 13.1 Å². The van der Waals surface area contributed by atoms with Crippen LogP contribution in [0.3, 0.4) is 0 Å². The predicted octanol–water partition coefficient (Wildman–Crippen LogP) is 3.07. The highest BCUT2D eigenvalue weighted by Crippen LogP contribution is 2.27. The molecule has 0 radical (unpaired) electrons. The largest absolute Gasteiger partial charge is 0.347 e. The van der Waals surface area contributed by atoms with Crippen molar-refractivity contribution in [3.05, 3.63) is 57.5 Å². The summed E-state index contributed by atoms with van der Waals surface area (Å²) >= 11 is 1.49. The third kappa shape index (κ3) is 3.36. The molecule has 0 saturated carbocycles. The van der Waals surface area contributed by atoms with Gasteiger partial charge in [0.05, 0.1) is 4.88 Å². The Morgan fingerprint density at radius 3 is 2.95 bits per heavy atom. The van der Waals surface area contributed by atoms with E-state index in [1.807, 2.05) is 25.1 Å². The normalized spacial score (nSPS) is 21.5. The maximum Gasteiger partial charge on any atom is 0.261 e. The van der Waals surface area contributed by atoms with E-state index in [4.69, 9.17) is 0 Å². The van der Waals surface area contributed by atoms with Gasteiger partial charge in [0, 0.05) is 23.4 Å². The number of aryl methyl sites for hydroxylation is 1. The highest BCUT2D eigenvalue weighted by atomic mass is 32.1. The minimum Gasteiger partial charge on any atom is -0.347 e. The number of thiophene rings is 1. The van der Waals surface area contributed by atoms with E-state index in [-0.39, 0.29) is 23.7 Å². The van der Waals surface area contributed by atoms with Gasteiger partial charge in [-0.05, 0) is 49.7 Å². The molecule has 1 aliphatic heterocycles. The fourth-order valence-electron chi connectivity index (χ4n) is 2.94. The number of hydrogen-bond acceptors (Lipinski definition) is 3. The standard InChI is InChI=1S/C17H19FN2OS/c1-11-5-6-16(22-11)17(21)20-15-10-19-8-7-14(15)12-3-2-4-13(18)9-12/h2-6,9,14-15,19H,7-8,10H2,1H3,(H,20,21)/t14-,15+/m0/s1. The first kappa shape index (κ1) is 15.2. The molecule has 0 aliphatic carbocycles. The van der Waals surface area contributed by atoms with Gasteiger partial charge in [0.1, 0.15) is 5.82 Å². The fourth-order valence-corrected chi connectivity index (χ4v) is 3.71. The van der Waals surface area contributed by atoms with Crippen molar-refractivity contribution >= 4 is 17.2 Å². The number of hydrogen-bond donors (Lipinski definition) is 2. The summed E-state index contributed by atoms with van der Waals surface area (Å²) in [6.45, 7) is 3.57. The lowest BCUT2D eigenvalue weighted by Crippen LogP contribution is -2.49. The van der Waals surface area contributed by atoms with Crippen LogP contribution in [0.5, 0.6) is 0 Å². The van der Waals surface area contributed by atoms with Gasteiger partial charge in [-0.1, -0.05) is 12.1 Å². The van der Waals surface area contributed by atoms with Gasteiger partial charge in [-0.25, -0.2) is 4.39 Å². The number of carbonyl (C=O) groups excluding carboxylic acids is 1. The highest BCUT2D eigenvalue weighted by molar-refractivity contribution is 7.13. The lowest BCUT2D eigenvalue weighted by molar-refractivity contribution is 0.0928. The minimum atomic E-state index is -0.227. The van der Waals surface area contributed by atoms with E-state index in [0.29, 0.717) is 6.54 Å². The van der Waals surface area contributed by atoms with Crippen LogP contribution in [0.1, 0.15) is 32.5 Å². The molecule has 116 valence electrons. The molecule has 0 bridgehead atoms. The molecule has 1 fully saturated rings. The zero-order valence-electron chi connectivity index (χ0n) is 12.4. The number of amides is 1. The van der Waals surface area contributed by atoms with Crippen LogP contribution in [0.4, 0.5) is 4.39 Å². The summed E-state index contributed by atoms with van der Waals surface area (Å²) in [7, 11) is 0. The summed E-state index contributed by atoms with van der Waals surface area (Å²) in [5.41, 5.74) is 0.953. The molecule has 1 aromatic carbocycles. The monoisotopic (exact) mass is 318 g/mol. The van der Waals surface area contributed by atoms with Crippen LogP contribution in [-0.4, -0.2) is 25.0 Å². The smallest absolute Gasteiger partial charge is 0.261 e. The lowest BCUT2D eigenvalue weighted by atomic mass is 9.86. The van der Waals surface area contributed by atoms with Gasteiger partial charge >= 0.3 is 0 Å². The molecule has 3 rings (SSSR count). The van der Waals surface area contributed by atoms with Crippen LogP contribution >= 0.6 is 11.3 Å². The van der Waals surface area contributed by atoms with Gasteiger partial charge in [-0.15, -0.1) is 11.3 Å². The van der Waals surface area contributed by atoms with Gasteiger partial charge in [0.15, 0.2) is 0 Å². The Morgan fingerprint density at radius 1 is 1.36 bits per heavy atom. The average Bonchev–Trinajstić information content (AvgIpc) is 2.94. The van der Waals surface area contributed by atoms with Gasteiger partial charge in [0.2, 0.25) is 0 Å². The van der Waals surface area contributed by atoms with Crippen LogP contribution < -0.4 is 10.6 Å². The first-order chi connectivity index (χ1) is 10.6. The topological polar surface area (TPSA) is 41.1 Å². The average molecular weight is 318 g/mol. The molecule has 3 nitrogen and oxygen atoms in total. The number of carbonyl (C=O) groups is 1. The molecular formula is C17H19FN2OS. The van der Waals surface area contributed by atoms with Crippen molar-refractivity contribution in [1.82, 2.24) is 10.6 Å². The first-order valence-electron chi connectivity index (χ1n) is 7.47.